The van der Waals surface area contributed by atoms with Gasteiger partial charge in [-0.1, -0.05) is 18.2 Å². The number of benzene rings is 1. The van der Waals surface area contributed by atoms with Gasteiger partial charge in [0.05, 0.1) is 11.8 Å². The fraction of sp³-hybridized carbons (Fsp3) is 0.333. The van der Waals surface area contributed by atoms with Crippen LogP contribution >= 0.6 is 0 Å². The van der Waals surface area contributed by atoms with Gasteiger partial charge in [-0.3, -0.25) is 0 Å². The molecule has 2 aromatic heterocycles. The molecular formula is C18H20N4O. The fourth-order valence-corrected chi connectivity index (χ4v) is 3.31. The molecule has 1 aliphatic heterocycles. The number of aryl methyl sites for hydroxylation is 1. The summed E-state index contributed by atoms with van der Waals surface area (Å²) < 4.78 is 2.12. The van der Waals surface area contributed by atoms with E-state index in [-0.39, 0.29) is 6.10 Å². The van der Waals surface area contributed by atoms with Crippen LogP contribution in [0.3, 0.4) is 0 Å². The molecule has 1 aromatic carbocycles. The van der Waals surface area contributed by atoms with Crippen molar-refractivity contribution in [2.45, 2.75) is 18.9 Å². The van der Waals surface area contributed by atoms with Crippen molar-refractivity contribution in [2.75, 3.05) is 18.0 Å². The number of hydrogen-bond donors (Lipinski definition) is 1. The maximum absolute atomic E-state index is 9.88. The van der Waals surface area contributed by atoms with E-state index in [1.54, 1.807) is 6.20 Å². The summed E-state index contributed by atoms with van der Waals surface area (Å²) in [5, 5.41) is 11.1. The number of piperidine rings is 1. The zero-order valence-electron chi connectivity index (χ0n) is 13.2. The molecule has 1 fully saturated rings. The summed E-state index contributed by atoms with van der Waals surface area (Å²) in [5.74, 6) is 1.61. The average molecular weight is 308 g/mol. The van der Waals surface area contributed by atoms with E-state index in [1.165, 1.54) is 10.9 Å². The molecule has 3 aromatic rings. The van der Waals surface area contributed by atoms with E-state index in [9.17, 15) is 5.11 Å². The molecular weight excluding hydrogens is 288 g/mol. The van der Waals surface area contributed by atoms with Crippen molar-refractivity contribution < 1.29 is 5.11 Å². The first kappa shape index (κ1) is 14.2. The molecule has 0 unspecified atom stereocenters. The first-order valence-corrected chi connectivity index (χ1v) is 8.03. The Labute approximate surface area is 135 Å². The Balaban J connectivity index is 1.74. The smallest absolute Gasteiger partial charge is 0.178 e. The fourth-order valence-electron chi connectivity index (χ4n) is 3.31. The van der Waals surface area contributed by atoms with Gasteiger partial charge >= 0.3 is 0 Å². The summed E-state index contributed by atoms with van der Waals surface area (Å²) in [7, 11) is 2.04. The zero-order chi connectivity index (χ0) is 15.8. The lowest BCUT2D eigenvalue weighted by Gasteiger charge is -2.31. The number of anilines is 1. The third kappa shape index (κ3) is 2.57. The van der Waals surface area contributed by atoms with E-state index in [2.05, 4.69) is 32.7 Å². The minimum absolute atomic E-state index is 0.264. The number of nitrogens with zero attached hydrogens (tertiary/aromatic N) is 4. The van der Waals surface area contributed by atoms with Gasteiger partial charge < -0.3 is 14.6 Å². The van der Waals surface area contributed by atoms with Crippen LogP contribution in [0.4, 0.5) is 5.82 Å². The first-order valence-electron chi connectivity index (χ1n) is 8.03. The number of aliphatic hydroxyl groups excluding tert-OH is 1. The van der Waals surface area contributed by atoms with Crippen LogP contribution in [0.25, 0.3) is 22.4 Å². The van der Waals surface area contributed by atoms with Crippen LogP contribution < -0.4 is 4.90 Å². The molecule has 1 aliphatic rings. The van der Waals surface area contributed by atoms with E-state index in [0.29, 0.717) is 6.54 Å². The summed E-state index contributed by atoms with van der Waals surface area (Å²) in [5.41, 5.74) is 2.18. The molecule has 5 nitrogen and oxygen atoms in total. The molecule has 3 heterocycles. The summed E-state index contributed by atoms with van der Waals surface area (Å²) in [4.78, 5) is 11.3. The van der Waals surface area contributed by atoms with Crippen LogP contribution in [-0.2, 0) is 7.05 Å². The van der Waals surface area contributed by atoms with Gasteiger partial charge in [0.25, 0.3) is 0 Å². The highest BCUT2D eigenvalue weighted by Crippen LogP contribution is 2.26. The lowest BCUT2D eigenvalue weighted by molar-refractivity contribution is 0.154. The molecule has 118 valence electrons. The SMILES string of the molecule is Cn1c(-c2nccc(N3CCC[C@@H](O)C3)n2)cc2ccccc21. The molecule has 0 saturated carbocycles. The number of hydrogen-bond acceptors (Lipinski definition) is 4. The second kappa shape index (κ2) is 5.66. The van der Waals surface area contributed by atoms with Gasteiger partial charge in [-0.25, -0.2) is 9.97 Å². The molecule has 0 amide bonds. The molecule has 4 rings (SSSR count). The summed E-state index contributed by atoms with van der Waals surface area (Å²) in [6.45, 7) is 1.58. The van der Waals surface area contributed by atoms with Gasteiger partial charge in [0, 0.05) is 37.2 Å². The number of rotatable bonds is 2. The predicted molar refractivity (Wildman–Crippen MR) is 91.4 cm³/mol. The van der Waals surface area contributed by atoms with Crippen molar-refractivity contribution in [3.05, 3.63) is 42.6 Å². The number of aromatic nitrogens is 3. The Morgan fingerprint density at radius 2 is 2.09 bits per heavy atom. The largest absolute Gasteiger partial charge is 0.391 e. The van der Waals surface area contributed by atoms with Gasteiger partial charge in [-0.15, -0.1) is 0 Å². The van der Waals surface area contributed by atoms with Crippen LogP contribution in [0.1, 0.15) is 12.8 Å². The Morgan fingerprint density at radius 3 is 2.91 bits per heavy atom. The summed E-state index contributed by atoms with van der Waals surface area (Å²) in [6, 6.07) is 12.3. The third-order valence-corrected chi connectivity index (χ3v) is 4.54. The maximum Gasteiger partial charge on any atom is 0.178 e. The van der Waals surface area contributed by atoms with Crippen molar-refractivity contribution >= 4 is 16.7 Å². The van der Waals surface area contributed by atoms with Crippen LogP contribution in [0.2, 0.25) is 0 Å². The molecule has 0 spiro atoms. The second-order valence-electron chi connectivity index (χ2n) is 6.13. The predicted octanol–water partition coefficient (Wildman–Crippen LogP) is 2.60. The van der Waals surface area contributed by atoms with Crippen molar-refractivity contribution in [2.24, 2.45) is 7.05 Å². The normalized spacial score (nSPS) is 18.5. The van der Waals surface area contributed by atoms with Crippen molar-refractivity contribution in [1.29, 1.82) is 0 Å². The van der Waals surface area contributed by atoms with E-state index in [0.717, 1.165) is 36.7 Å². The average Bonchev–Trinajstić information content (AvgIpc) is 2.92. The Bertz CT molecular complexity index is 842. The molecule has 0 radical (unpaired) electrons. The van der Waals surface area contributed by atoms with Crippen LogP contribution in [0.15, 0.2) is 42.6 Å². The van der Waals surface area contributed by atoms with Crippen LogP contribution in [0, 0.1) is 0 Å². The molecule has 1 saturated heterocycles. The van der Waals surface area contributed by atoms with E-state index in [4.69, 9.17) is 4.98 Å². The standard InChI is InChI=1S/C18H20N4O/c1-21-15-7-3-2-5-13(15)11-16(21)18-19-9-8-17(20-18)22-10-4-6-14(23)12-22/h2-3,5,7-9,11,14,23H,4,6,10,12H2,1H3/t14-/m1/s1. The Hall–Kier alpha value is -2.40. The Kier molecular flexibility index (Phi) is 3.50. The summed E-state index contributed by atoms with van der Waals surface area (Å²) in [6.07, 6.45) is 3.41. The maximum atomic E-state index is 9.88. The Morgan fingerprint density at radius 1 is 1.22 bits per heavy atom. The van der Waals surface area contributed by atoms with Crippen molar-refractivity contribution in [3.63, 3.8) is 0 Å². The summed E-state index contributed by atoms with van der Waals surface area (Å²) >= 11 is 0. The van der Waals surface area contributed by atoms with E-state index in [1.807, 2.05) is 25.2 Å². The van der Waals surface area contributed by atoms with E-state index >= 15 is 0 Å². The minimum Gasteiger partial charge on any atom is -0.391 e. The van der Waals surface area contributed by atoms with Gasteiger partial charge in [0.2, 0.25) is 0 Å². The van der Waals surface area contributed by atoms with Gasteiger partial charge in [0.15, 0.2) is 5.82 Å². The zero-order valence-corrected chi connectivity index (χ0v) is 13.2. The highest BCUT2D eigenvalue weighted by atomic mass is 16.3. The quantitative estimate of drug-likeness (QED) is 0.790. The first-order chi connectivity index (χ1) is 11.2. The van der Waals surface area contributed by atoms with E-state index < -0.39 is 0 Å². The lowest BCUT2D eigenvalue weighted by atomic mass is 10.1. The molecule has 23 heavy (non-hydrogen) atoms. The molecule has 0 bridgehead atoms. The number of aliphatic hydroxyl groups is 1. The monoisotopic (exact) mass is 308 g/mol. The lowest BCUT2D eigenvalue weighted by Crippen LogP contribution is -2.38. The van der Waals surface area contributed by atoms with Crippen LogP contribution in [-0.4, -0.2) is 38.8 Å². The number of para-hydroxylation sites is 1. The minimum atomic E-state index is -0.264. The van der Waals surface area contributed by atoms with Gasteiger partial charge in [-0.2, -0.15) is 0 Å². The molecule has 5 heteroatoms. The molecule has 1 N–H and O–H groups in total. The highest BCUT2D eigenvalue weighted by Gasteiger charge is 2.20. The van der Waals surface area contributed by atoms with Crippen molar-refractivity contribution in [1.82, 2.24) is 14.5 Å². The van der Waals surface area contributed by atoms with Crippen LogP contribution in [0.5, 0.6) is 0 Å². The number of fused-ring (bicyclic) bond motifs is 1. The highest BCUT2D eigenvalue weighted by molar-refractivity contribution is 5.85. The topological polar surface area (TPSA) is 54.2 Å². The molecule has 1 atom stereocenters. The number of β-amino-alcohol motifs (C(OH)–C–C–N with tert-alkyl or cyclic N) is 1. The van der Waals surface area contributed by atoms with Gasteiger partial charge in [-0.05, 0) is 31.0 Å². The second-order valence-corrected chi connectivity index (χ2v) is 6.13. The van der Waals surface area contributed by atoms with Crippen molar-refractivity contribution in [3.8, 4) is 11.5 Å². The van der Waals surface area contributed by atoms with Gasteiger partial charge in [0.1, 0.15) is 5.82 Å². The third-order valence-electron chi connectivity index (χ3n) is 4.54. The molecule has 0 aliphatic carbocycles.